The van der Waals surface area contributed by atoms with Crippen LogP contribution < -0.4 is 0 Å². The first kappa shape index (κ1) is 21.9. The number of fused-ring (bicyclic) bond motifs is 3. The molecule has 0 spiro atoms. The van der Waals surface area contributed by atoms with E-state index in [0.29, 0.717) is 16.6 Å². The fraction of sp³-hybridized carbons (Fsp3) is 0.611. The highest BCUT2D eigenvalue weighted by Gasteiger charge is 2.34. The first-order valence-electron chi connectivity index (χ1n) is 9.14. The van der Waals surface area contributed by atoms with Crippen LogP contribution in [-0.2, 0) is 9.47 Å². The highest BCUT2D eigenvalue weighted by molar-refractivity contribution is 8.01. The Morgan fingerprint density at radius 2 is 2.17 bits per heavy atom. The summed E-state index contributed by atoms with van der Waals surface area (Å²) in [4.78, 5) is 30.3. The van der Waals surface area contributed by atoms with Crippen molar-refractivity contribution in [3.63, 3.8) is 0 Å². The quantitative estimate of drug-likeness (QED) is 0.493. The Balaban J connectivity index is 1.79. The summed E-state index contributed by atoms with van der Waals surface area (Å²) in [5.41, 5.74) is -0.979. The molecule has 0 unspecified atom stereocenters. The molecule has 0 aliphatic carbocycles. The number of esters is 1. The van der Waals surface area contributed by atoms with E-state index in [2.05, 4.69) is 4.98 Å². The zero-order valence-electron chi connectivity index (χ0n) is 15.7. The third kappa shape index (κ3) is 6.11. The van der Waals surface area contributed by atoms with Gasteiger partial charge < -0.3 is 9.47 Å². The average molecular weight is 451 g/mol. The van der Waals surface area contributed by atoms with E-state index in [0.717, 1.165) is 0 Å². The standard InChI is InChI=1S/C18H21F3N2O4S2/c1-17(6-3-7-18(19,20)21)5-2-4-12-10-26-16(25)23(12)8-9-28-15-22-13(11-29-15)14(24)27-17/h2,4,11-12H,3,5-10H2,1H3/b4-2-/t12-,17-/m0/s1. The summed E-state index contributed by atoms with van der Waals surface area (Å²) in [5, 5.41) is 1.57. The van der Waals surface area contributed by atoms with Crippen LogP contribution in [-0.4, -0.2) is 58.7 Å². The second kappa shape index (κ2) is 8.95. The van der Waals surface area contributed by atoms with E-state index in [1.807, 2.05) is 0 Å². The molecule has 1 saturated heterocycles. The lowest BCUT2D eigenvalue weighted by molar-refractivity contribution is -0.137. The van der Waals surface area contributed by atoms with Gasteiger partial charge in [0.2, 0.25) is 0 Å². The van der Waals surface area contributed by atoms with Crippen LogP contribution in [0.3, 0.4) is 0 Å². The molecule has 6 nitrogen and oxygen atoms in total. The van der Waals surface area contributed by atoms with E-state index in [1.165, 1.54) is 23.1 Å². The van der Waals surface area contributed by atoms with Gasteiger partial charge in [-0.15, -0.1) is 11.3 Å². The second-order valence-electron chi connectivity index (χ2n) is 7.13. The van der Waals surface area contributed by atoms with Crippen LogP contribution in [0.4, 0.5) is 18.0 Å². The van der Waals surface area contributed by atoms with Crippen LogP contribution in [0.25, 0.3) is 0 Å². The number of thioether (sulfide) groups is 1. The Morgan fingerprint density at radius 3 is 2.93 bits per heavy atom. The van der Waals surface area contributed by atoms with Crippen LogP contribution in [0.5, 0.6) is 0 Å². The number of hydrogen-bond donors (Lipinski definition) is 0. The topological polar surface area (TPSA) is 68.7 Å². The van der Waals surface area contributed by atoms with Gasteiger partial charge in [0.25, 0.3) is 0 Å². The molecule has 2 bridgehead atoms. The molecule has 11 heteroatoms. The SMILES string of the molecule is C[C@@]1(CCCC(F)(F)F)C/C=C\[C@H]2COC(=O)N2CCSc2nc(cs2)C(=O)O1. The molecule has 0 N–H and O–H groups in total. The molecule has 29 heavy (non-hydrogen) atoms. The maximum atomic E-state index is 12.6. The number of ether oxygens (including phenoxy) is 2. The van der Waals surface area contributed by atoms with Gasteiger partial charge in [0, 0.05) is 30.5 Å². The Bertz CT molecular complexity index is 783. The fourth-order valence-electron chi connectivity index (χ4n) is 3.14. The molecular weight excluding hydrogens is 429 g/mol. The molecular formula is C18H21F3N2O4S2. The maximum absolute atomic E-state index is 12.6. The Hall–Kier alpha value is -1.75. The Labute approximate surface area is 174 Å². The summed E-state index contributed by atoms with van der Waals surface area (Å²) in [5.74, 6) is -0.0505. The van der Waals surface area contributed by atoms with Gasteiger partial charge in [0.15, 0.2) is 10.0 Å². The Kier molecular flexibility index (Phi) is 6.77. The van der Waals surface area contributed by atoms with E-state index < -0.39 is 30.3 Å². The lowest BCUT2D eigenvalue weighted by atomic mass is 9.94. The van der Waals surface area contributed by atoms with Crippen molar-refractivity contribution in [3.05, 3.63) is 23.2 Å². The van der Waals surface area contributed by atoms with E-state index in [1.54, 1.807) is 29.4 Å². The number of rotatable bonds is 3. The van der Waals surface area contributed by atoms with Crippen molar-refractivity contribution >= 4 is 35.2 Å². The smallest absolute Gasteiger partial charge is 0.410 e. The lowest BCUT2D eigenvalue weighted by Crippen LogP contribution is -2.35. The zero-order valence-corrected chi connectivity index (χ0v) is 17.4. The monoisotopic (exact) mass is 450 g/mol. The van der Waals surface area contributed by atoms with Gasteiger partial charge in [-0.05, 0) is 19.8 Å². The minimum Gasteiger partial charge on any atom is -0.454 e. The van der Waals surface area contributed by atoms with Crippen molar-refractivity contribution < 1.29 is 32.2 Å². The predicted octanol–water partition coefficient (Wildman–Crippen LogP) is 4.66. The Morgan fingerprint density at radius 1 is 1.38 bits per heavy atom. The molecule has 1 aromatic heterocycles. The van der Waals surface area contributed by atoms with E-state index in [-0.39, 0.29) is 37.6 Å². The number of cyclic esters (lactones) is 2. The van der Waals surface area contributed by atoms with Crippen molar-refractivity contribution in [3.8, 4) is 0 Å². The van der Waals surface area contributed by atoms with Crippen LogP contribution in [0.2, 0.25) is 0 Å². The normalized spacial score (nSPS) is 27.0. The summed E-state index contributed by atoms with van der Waals surface area (Å²) in [7, 11) is 0. The first-order valence-corrected chi connectivity index (χ1v) is 11.0. The molecule has 3 heterocycles. The fourth-order valence-corrected chi connectivity index (χ4v) is 4.94. The maximum Gasteiger partial charge on any atom is 0.410 e. The summed E-state index contributed by atoms with van der Waals surface area (Å²) in [6.07, 6.45) is -1.95. The number of hydrogen-bond acceptors (Lipinski definition) is 7. The number of aromatic nitrogens is 1. The minimum atomic E-state index is -4.26. The third-order valence-electron chi connectivity index (χ3n) is 4.68. The van der Waals surface area contributed by atoms with Gasteiger partial charge in [-0.2, -0.15) is 13.2 Å². The number of amides is 1. The largest absolute Gasteiger partial charge is 0.454 e. The molecule has 2 atom stereocenters. The van der Waals surface area contributed by atoms with Crippen LogP contribution in [0.1, 0.15) is 43.1 Å². The van der Waals surface area contributed by atoms with Crippen molar-refractivity contribution in [1.29, 1.82) is 0 Å². The number of carbonyl (C=O) groups excluding carboxylic acids is 2. The van der Waals surface area contributed by atoms with Crippen molar-refractivity contribution in [1.82, 2.24) is 9.88 Å². The van der Waals surface area contributed by atoms with Gasteiger partial charge in [0.1, 0.15) is 12.2 Å². The molecule has 0 saturated carbocycles. The summed E-state index contributed by atoms with van der Waals surface area (Å²) >= 11 is 2.70. The molecule has 2 aliphatic rings. The molecule has 160 valence electrons. The summed E-state index contributed by atoms with van der Waals surface area (Å²) in [6, 6.07) is -0.256. The molecule has 0 radical (unpaired) electrons. The van der Waals surface area contributed by atoms with E-state index in [4.69, 9.17) is 9.47 Å². The predicted molar refractivity (Wildman–Crippen MR) is 102 cm³/mol. The number of alkyl halides is 3. The first-order chi connectivity index (χ1) is 13.7. The zero-order chi connectivity index (χ0) is 21.1. The number of halogens is 3. The lowest BCUT2D eigenvalue weighted by Gasteiger charge is -2.29. The van der Waals surface area contributed by atoms with Gasteiger partial charge in [-0.25, -0.2) is 14.6 Å². The van der Waals surface area contributed by atoms with Crippen molar-refractivity contribution in [2.45, 2.75) is 54.8 Å². The van der Waals surface area contributed by atoms with Crippen molar-refractivity contribution in [2.24, 2.45) is 0 Å². The molecule has 0 aromatic carbocycles. The highest BCUT2D eigenvalue weighted by Crippen LogP contribution is 2.31. The molecule has 1 aromatic rings. The number of thiazole rings is 1. The summed E-state index contributed by atoms with van der Waals surface area (Å²) in [6.45, 7) is 2.29. The van der Waals surface area contributed by atoms with Crippen LogP contribution in [0, 0.1) is 0 Å². The second-order valence-corrected chi connectivity index (χ2v) is 9.33. The van der Waals surface area contributed by atoms with E-state index in [9.17, 15) is 22.8 Å². The van der Waals surface area contributed by atoms with Gasteiger partial charge >= 0.3 is 18.2 Å². The van der Waals surface area contributed by atoms with Crippen LogP contribution in [0.15, 0.2) is 21.9 Å². The minimum absolute atomic E-state index is 0.0537. The number of nitrogens with zero attached hydrogens (tertiary/aromatic N) is 2. The van der Waals surface area contributed by atoms with Gasteiger partial charge in [0.05, 0.1) is 6.04 Å². The molecule has 2 aliphatic heterocycles. The van der Waals surface area contributed by atoms with Crippen LogP contribution >= 0.6 is 23.1 Å². The number of carbonyl (C=O) groups is 2. The van der Waals surface area contributed by atoms with Gasteiger partial charge in [-0.1, -0.05) is 23.9 Å². The highest BCUT2D eigenvalue weighted by atomic mass is 32.2. The summed E-state index contributed by atoms with van der Waals surface area (Å²) < 4.78 is 49.0. The average Bonchev–Trinajstić information content (AvgIpc) is 3.21. The van der Waals surface area contributed by atoms with E-state index >= 15 is 0 Å². The molecule has 1 fully saturated rings. The van der Waals surface area contributed by atoms with Crippen molar-refractivity contribution in [2.75, 3.05) is 18.9 Å². The third-order valence-corrected chi connectivity index (χ3v) is 6.68. The molecule has 3 rings (SSSR count). The molecule has 1 amide bonds. The van der Waals surface area contributed by atoms with Gasteiger partial charge in [-0.3, -0.25) is 4.90 Å².